The van der Waals surface area contributed by atoms with Crippen LogP contribution in [0.3, 0.4) is 0 Å². The number of ether oxygens (including phenoxy) is 1. The average molecular weight is 671 g/mol. The van der Waals surface area contributed by atoms with Crippen LogP contribution in [0.1, 0.15) is 138 Å². The number of nitrogens with zero attached hydrogens (tertiary/aromatic N) is 2. The fraction of sp³-hybridized carbons (Fsp3) is 0.683. The molecule has 0 spiro atoms. The van der Waals surface area contributed by atoms with Crippen LogP contribution in [0, 0.1) is 40.4 Å². The van der Waals surface area contributed by atoms with E-state index in [1.54, 1.807) is 24.3 Å². The monoisotopic (exact) mass is 670 g/mol. The molecular formula is C41H54N2O6. The summed E-state index contributed by atoms with van der Waals surface area (Å²) in [6.45, 7) is 9.23. The van der Waals surface area contributed by atoms with Crippen LogP contribution >= 0.6 is 0 Å². The van der Waals surface area contributed by atoms with Crippen molar-refractivity contribution >= 4 is 29.6 Å². The van der Waals surface area contributed by atoms with Crippen molar-refractivity contribution in [3.8, 4) is 0 Å². The molecule has 0 bridgehead atoms. The van der Waals surface area contributed by atoms with Crippen molar-refractivity contribution in [1.29, 1.82) is 0 Å². The summed E-state index contributed by atoms with van der Waals surface area (Å²) in [6.07, 6.45) is 16.6. The lowest BCUT2D eigenvalue weighted by atomic mass is 9.47. The maximum atomic E-state index is 13.5. The molecule has 2 heterocycles. The highest BCUT2D eigenvalue weighted by Gasteiger charge is 2.58. The van der Waals surface area contributed by atoms with Crippen molar-refractivity contribution in [1.82, 2.24) is 9.80 Å². The highest BCUT2D eigenvalue weighted by Crippen LogP contribution is 2.66. The number of hydrogen-bond donors (Lipinski definition) is 0. The van der Waals surface area contributed by atoms with E-state index in [9.17, 15) is 24.0 Å². The first-order valence-corrected chi connectivity index (χ1v) is 19.1. The standard InChI is InChI=1S/C41H54N2O6/c1-25(2)9-5-6-10-26-14-16-32-31-15-13-27-23-28(19-21-41(27,4)33(31)20-22-40(26,32)3)49-36(45)24-42-35(44)18-17-34(39(42)48)43-37(46)29-11-7-8-12-30(29)38(43)47/h7-8,11-13,25-26,28,31-34H,5-6,9-10,14-24H2,1-4H3. The number of imide groups is 2. The normalized spacial score (nSPS) is 35.6. The number of carbonyl (C=O) groups is 5. The third kappa shape index (κ3) is 5.89. The minimum absolute atomic E-state index is 0.0345. The van der Waals surface area contributed by atoms with Crippen LogP contribution in [-0.4, -0.2) is 58.1 Å². The molecule has 8 atom stereocenters. The molecule has 6 aliphatic rings. The third-order valence-electron chi connectivity index (χ3n) is 14.0. The Hall–Kier alpha value is -3.29. The lowest BCUT2D eigenvalue weighted by Gasteiger charge is -2.58. The van der Waals surface area contributed by atoms with Crippen LogP contribution in [0.4, 0.5) is 0 Å². The number of allylic oxidation sites excluding steroid dienone is 1. The van der Waals surface area contributed by atoms with E-state index < -0.39 is 42.2 Å². The molecular weight excluding hydrogens is 616 g/mol. The summed E-state index contributed by atoms with van der Waals surface area (Å²) in [4.78, 5) is 67.6. The molecule has 3 saturated carbocycles. The largest absolute Gasteiger partial charge is 0.461 e. The summed E-state index contributed by atoms with van der Waals surface area (Å²) in [6, 6.07) is 5.34. The van der Waals surface area contributed by atoms with Gasteiger partial charge < -0.3 is 4.74 Å². The molecule has 1 aromatic carbocycles. The fourth-order valence-corrected chi connectivity index (χ4v) is 11.3. The van der Waals surface area contributed by atoms with Gasteiger partial charge >= 0.3 is 5.97 Å². The Balaban J connectivity index is 0.962. The second kappa shape index (κ2) is 13.1. The number of likely N-dealkylation sites (tertiary alicyclic amines) is 1. The Bertz CT molecular complexity index is 1530. The topological polar surface area (TPSA) is 101 Å². The molecule has 1 saturated heterocycles. The van der Waals surface area contributed by atoms with Crippen LogP contribution in [0.5, 0.6) is 0 Å². The highest BCUT2D eigenvalue weighted by molar-refractivity contribution is 6.23. The highest BCUT2D eigenvalue weighted by atomic mass is 16.5. The summed E-state index contributed by atoms with van der Waals surface area (Å²) < 4.78 is 5.96. The van der Waals surface area contributed by atoms with Crippen molar-refractivity contribution in [2.45, 2.75) is 130 Å². The minimum Gasteiger partial charge on any atom is -0.461 e. The smallest absolute Gasteiger partial charge is 0.326 e. The van der Waals surface area contributed by atoms with E-state index in [0.29, 0.717) is 17.8 Å². The van der Waals surface area contributed by atoms with Gasteiger partial charge in [0.05, 0.1) is 11.1 Å². The molecule has 8 heteroatoms. The second-order valence-corrected chi connectivity index (χ2v) is 17.0. The number of benzene rings is 1. The van der Waals surface area contributed by atoms with Gasteiger partial charge in [-0.25, -0.2) is 0 Å². The SMILES string of the molecule is CC(C)CCCCC1CCC2C3CC=C4CC(OC(=O)CN5C(=O)CCC(N6C(=O)c7ccccc7C6=O)C5=O)CCC4(C)C3CCC12C. The Morgan fingerprint density at radius 3 is 2.37 bits per heavy atom. The molecule has 8 nitrogen and oxygen atoms in total. The van der Waals surface area contributed by atoms with Gasteiger partial charge in [0.2, 0.25) is 5.91 Å². The molecule has 8 unspecified atom stereocenters. The molecule has 7 rings (SSSR count). The van der Waals surface area contributed by atoms with Gasteiger partial charge in [0, 0.05) is 12.8 Å². The lowest BCUT2D eigenvalue weighted by molar-refractivity contribution is -0.163. The van der Waals surface area contributed by atoms with Gasteiger partial charge in [-0.05, 0) is 110 Å². The van der Waals surface area contributed by atoms with Crippen LogP contribution in [0.2, 0.25) is 0 Å². The number of unbranched alkanes of at least 4 members (excludes halogenated alkanes) is 1. The zero-order valence-electron chi connectivity index (χ0n) is 29.9. The number of hydrogen-bond acceptors (Lipinski definition) is 6. The van der Waals surface area contributed by atoms with Crippen molar-refractivity contribution < 1.29 is 28.7 Å². The van der Waals surface area contributed by atoms with E-state index in [-0.39, 0.29) is 35.5 Å². The molecule has 0 aromatic heterocycles. The number of esters is 1. The predicted molar refractivity (Wildman–Crippen MR) is 185 cm³/mol. The van der Waals surface area contributed by atoms with Gasteiger partial charge in [0.15, 0.2) is 0 Å². The van der Waals surface area contributed by atoms with Gasteiger partial charge in [-0.2, -0.15) is 0 Å². The maximum absolute atomic E-state index is 13.5. The molecule has 49 heavy (non-hydrogen) atoms. The molecule has 0 N–H and O–H groups in total. The van der Waals surface area contributed by atoms with Crippen LogP contribution in [-0.2, 0) is 19.1 Å². The molecule has 1 aromatic rings. The van der Waals surface area contributed by atoms with E-state index >= 15 is 0 Å². The Morgan fingerprint density at radius 1 is 0.918 bits per heavy atom. The van der Waals surface area contributed by atoms with E-state index in [4.69, 9.17) is 4.74 Å². The molecule has 4 aliphatic carbocycles. The lowest BCUT2D eigenvalue weighted by Crippen LogP contribution is -2.57. The summed E-state index contributed by atoms with van der Waals surface area (Å²) in [7, 11) is 0. The first kappa shape index (κ1) is 34.2. The fourth-order valence-electron chi connectivity index (χ4n) is 11.3. The Labute approximate surface area is 291 Å². The van der Waals surface area contributed by atoms with Gasteiger partial charge in [-0.15, -0.1) is 0 Å². The minimum atomic E-state index is -1.12. The zero-order valence-corrected chi connectivity index (χ0v) is 29.9. The second-order valence-electron chi connectivity index (χ2n) is 17.0. The van der Waals surface area contributed by atoms with Crippen molar-refractivity contribution in [3.05, 3.63) is 47.0 Å². The predicted octanol–water partition coefficient (Wildman–Crippen LogP) is 7.51. The summed E-state index contributed by atoms with van der Waals surface area (Å²) in [5, 5.41) is 0. The van der Waals surface area contributed by atoms with Gasteiger partial charge in [-0.3, -0.25) is 33.8 Å². The molecule has 0 radical (unpaired) electrons. The Morgan fingerprint density at radius 2 is 1.65 bits per heavy atom. The van der Waals surface area contributed by atoms with E-state index in [1.807, 2.05) is 0 Å². The van der Waals surface area contributed by atoms with E-state index in [1.165, 1.54) is 56.9 Å². The third-order valence-corrected chi connectivity index (χ3v) is 14.0. The molecule has 264 valence electrons. The first-order valence-electron chi connectivity index (χ1n) is 19.1. The van der Waals surface area contributed by atoms with Crippen LogP contribution in [0.15, 0.2) is 35.9 Å². The average Bonchev–Trinajstić information content (AvgIpc) is 3.54. The molecule has 2 aliphatic heterocycles. The zero-order chi connectivity index (χ0) is 34.7. The van der Waals surface area contributed by atoms with Gasteiger partial charge in [-0.1, -0.05) is 70.7 Å². The molecule has 4 fully saturated rings. The van der Waals surface area contributed by atoms with Crippen molar-refractivity contribution in [3.63, 3.8) is 0 Å². The quantitative estimate of drug-likeness (QED) is 0.117. The molecule has 4 amide bonds. The summed E-state index contributed by atoms with van der Waals surface area (Å²) in [5.41, 5.74) is 2.51. The number of piperidine rings is 1. The maximum Gasteiger partial charge on any atom is 0.326 e. The summed E-state index contributed by atoms with van der Waals surface area (Å²) >= 11 is 0. The van der Waals surface area contributed by atoms with E-state index in [0.717, 1.165) is 52.7 Å². The first-order chi connectivity index (χ1) is 23.4. The van der Waals surface area contributed by atoms with Crippen molar-refractivity contribution in [2.24, 2.45) is 40.4 Å². The van der Waals surface area contributed by atoms with Gasteiger partial charge in [0.1, 0.15) is 18.7 Å². The summed E-state index contributed by atoms with van der Waals surface area (Å²) in [5.74, 6) is 0.967. The number of fused-ring (bicyclic) bond motifs is 6. The van der Waals surface area contributed by atoms with Gasteiger partial charge in [0.25, 0.3) is 17.7 Å². The number of rotatable bonds is 9. The van der Waals surface area contributed by atoms with Crippen LogP contribution < -0.4 is 0 Å². The van der Waals surface area contributed by atoms with E-state index in [2.05, 4.69) is 33.8 Å². The Kier molecular flexibility index (Phi) is 9.15. The number of amides is 4. The van der Waals surface area contributed by atoms with Crippen LogP contribution in [0.25, 0.3) is 0 Å². The van der Waals surface area contributed by atoms with Crippen molar-refractivity contribution in [2.75, 3.05) is 6.54 Å². The number of carbonyl (C=O) groups excluding carboxylic acids is 5.